The summed E-state index contributed by atoms with van der Waals surface area (Å²) in [4.78, 5) is 2.57. The highest BCUT2D eigenvalue weighted by atomic mass is 15.1. The van der Waals surface area contributed by atoms with Crippen LogP contribution in [0.5, 0.6) is 0 Å². The van der Waals surface area contributed by atoms with Crippen LogP contribution in [0, 0.1) is 0 Å². The molecule has 0 aromatic heterocycles. The van der Waals surface area contributed by atoms with Crippen LogP contribution in [0.25, 0.3) is 66.4 Å². The van der Waals surface area contributed by atoms with Gasteiger partial charge >= 0.3 is 0 Å². The maximum Gasteiger partial charge on any atom is 0.0713 e. The van der Waals surface area contributed by atoms with E-state index in [1.165, 1.54) is 94.2 Å². The first kappa shape index (κ1) is 44.4. The van der Waals surface area contributed by atoms with E-state index in [0.29, 0.717) is 0 Å². The molecule has 0 bridgehead atoms. The minimum Gasteiger partial charge on any atom is -0.309 e. The van der Waals surface area contributed by atoms with Gasteiger partial charge in [0.2, 0.25) is 0 Å². The first-order valence-corrected chi connectivity index (χ1v) is 25.8. The predicted octanol–water partition coefficient (Wildman–Crippen LogP) is 19.3. The first-order chi connectivity index (χ1) is 35.6. The molecule has 13 rings (SSSR count). The molecule has 0 aliphatic heterocycles. The van der Waals surface area contributed by atoms with Crippen LogP contribution in [0.1, 0.15) is 73.6 Å². The normalized spacial score (nSPS) is 13.8. The van der Waals surface area contributed by atoms with Gasteiger partial charge in [-0.3, -0.25) is 0 Å². The maximum absolute atomic E-state index is 2.57. The zero-order valence-electron chi connectivity index (χ0n) is 42.2. The molecule has 73 heavy (non-hydrogen) atoms. The Bertz CT molecular complexity index is 3850. The summed E-state index contributed by atoms with van der Waals surface area (Å²) >= 11 is 0. The van der Waals surface area contributed by atoms with E-state index >= 15 is 0 Å². The summed E-state index contributed by atoms with van der Waals surface area (Å²) in [7, 11) is 0. The molecule has 0 unspecified atom stereocenters. The van der Waals surface area contributed by atoms with Crippen molar-refractivity contribution in [2.24, 2.45) is 0 Å². The molecule has 2 aliphatic carbocycles. The molecule has 0 saturated heterocycles. The molecule has 350 valence electrons. The Hall–Kier alpha value is -8.52. The van der Waals surface area contributed by atoms with E-state index in [1.807, 2.05) is 0 Å². The zero-order chi connectivity index (χ0) is 49.5. The summed E-state index contributed by atoms with van der Waals surface area (Å²) in [6, 6.07) is 95.7. The topological polar surface area (TPSA) is 3.24 Å². The first-order valence-electron chi connectivity index (χ1n) is 25.8. The second-order valence-corrected chi connectivity index (χ2v) is 21.6. The minimum absolute atomic E-state index is 0.0618. The van der Waals surface area contributed by atoms with Crippen LogP contribution in [0.2, 0.25) is 0 Å². The van der Waals surface area contributed by atoms with Crippen molar-refractivity contribution in [3.05, 3.63) is 294 Å². The average Bonchev–Trinajstić information content (AvgIpc) is 3.86. The smallest absolute Gasteiger partial charge is 0.0713 e. The molecule has 0 radical (unpaired) electrons. The fourth-order valence-electron chi connectivity index (χ4n) is 12.5. The Kier molecular flexibility index (Phi) is 10.4. The van der Waals surface area contributed by atoms with Gasteiger partial charge in [0, 0.05) is 22.2 Å². The quantitative estimate of drug-likeness (QED) is 0.147. The summed E-state index contributed by atoms with van der Waals surface area (Å²) in [5.41, 5.74) is 24.1. The predicted molar refractivity (Wildman–Crippen MR) is 309 cm³/mol. The van der Waals surface area contributed by atoms with Gasteiger partial charge in [-0.05, 0) is 136 Å². The van der Waals surface area contributed by atoms with Crippen LogP contribution < -0.4 is 4.90 Å². The molecule has 0 spiro atoms. The third kappa shape index (κ3) is 7.05. The Labute approximate surface area is 430 Å². The highest BCUT2D eigenvalue weighted by molar-refractivity contribution is 6.08. The van der Waals surface area contributed by atoms with Crippen LogP contribution in [0.3, 0.4) is 0 Å². The van der Waals surface area contributed by atoms with Crippen molar-refractivity contribution in [3.8, 4) is 55.6 Å². The van der Waals surface area contributed by atoms with E-state index in [9.17, 15) is 0 Å². The van der Waals surface area contributed by atoms with E-state index in [-0.39, 0.29) is 10.8 Å². The van der Waals surface area contributed by atoms with Gasteiger partial charge in [0.25, 0.3) is 0 Å². The Morgan fingerprint density at radius 2 is 0.849 bits per heavy atom. The molecule has 11 aromatic rings. The molecular weight excluding hydrogens is 879 g/mol. The lowest BCUT2D eigenvalue weighted by Gasteiger charge is -2.34. The van der Waals surface area contributed by atoms with Crippen molar-refractivity contribution in [2.45, 2.75) is 50.9 Å². The highest BCUT2D eigenvalue weighted by Crippen LogP contribution is 2.58. The highest BCUT2D eigenvalue weighted by Gasteiger charge is 2.46. The van der Waals surface area contributed by atoms with Crippen molar-refractivity contribution in [1.82, 2.24) is 0 Å². The molecule has 1 heteroatoms. The lowest BCUT2D eigenvalue weighted by Crippen LogP contribution is -2.28. The van der Waals surface area contributed by atoms with Gasteiger partial charge in [-0.25, -0.2) is 0 Å². The van der Waals surface area contributed by atoms with Gasteiger partial charge in [0.1, 0.15) is 0 Å². The molecular formula is C72H57N. The number of nitrogens with zero attached hydrogens (tertiary/aromatic N) is 1. The third-order valence-electron chi connectivity index (χ3n) is 16.1. The van der Waals surface area contributed by atoms with Crippen LogP contribution in [0.15, 0.2) is 255 Å². The Morgan fingerprint density at radius 3 is 1.55 bits per heavy atom. The number of anilines is 3. The van der Waals surface area contributed by atoms with Crippen molar-refractivity contribution in [3.63, 3.8) is 0 Å². The van der Waals surface area contributed by atoms with Crippen molar-refractivity contribution >= 4 is 27.8 Å². The van der Waals surface area contributed by atoms with E-state index in [0.717, 1.165) is 28.2 Å². The fourth-order valence-corrected chi connectivity index (χ4v) is 12.5. The largest absolute Gasteiger partial charge is 0.309 e. The summed E-state index contributed by atoms with van der Waals surface area (Å²) in [5, 5.41) is 2.42. The molecule has 2 aliphatic rings. The van der Waals surface area contributed by atoms with Crippen LogP contribution >= 0.6 is 0 Å². The van der Waals surface area contributed by atoms with E-state index in [2.05, 4.69) is 294 Å². The number of hydrogen-bond donors (Lipinski definition) is 0. The summed E-state index contributed by atoms with van der Waals surface area (Å²) < 4.78 is 0. The molecule has 0 saturated carbocycles. The van der Waals surface area contributed by atoms with Crippen molar-refractivity contribution in [1.29, 1.82) is 0 Å². The number of hydrogen-bond acceptors (Lipinski definition) is 1. The maximum atomic E-state index is 2.57. The fraction of sp³-hybridized carbons (Fsp3) is 0.111. The van der Waals surface area contributed by atoms with Gasteiger partial charge in [-0.1, -0.05) is 253 Å². The van der Waals surface area contributed by atoms with Gasteiger partial charge in [-0.2, -0.15) is 0 Å². The second kappa shape index (κ2) is 17.1. The molecule has 0 amide bonds. The van der Waals surface area contributed by atoms with Gasteiger partial charge in [0.15, 0.2) is 0 Å². The molecule has 1 nitrogen and oxygen atoms in total. The summed E-state index contributed by atoms with van der Waals surface area (Å²) in [6.45, 7) is 11.6. The van der Waals surface area contributed by atoms with Crippen molar-refractivity contribution in [2.75, 3.05) is 4.90 Å². The third-order valence-corrected chi connectivity index (χ3v) is 16.1. The standard InChI is InChI=1S/C72H57N/c1-70(2,3)53-38-33-48(34-39-53)51-37-43-67(60(45-51)49-21-9-6-10-22-49)73(56-40-42-66-62(47-56)59-30-18-20-32-65(59)72(66,54-24-11-7-12-25-54)55-26-13-8-14-27-55)68-44-36-50-23-15-16-28-57(50)69(68)52-35-41-64-61(46-52)58-29-17-19-31-63(58)71(64,4)5/h6-47H,1-5H3. The number of rotatable bonds is 8. The Balaban J connectivity index is 1.11. The average molecular weight is 936 g/mol. The molecule has 11 aromatic carbocycles. The Morgan fingerprint density at radius 1 is 0.342 bits per heavy atom. The molecule has 0 fully saturated rings. The number of fused-ring (bicyclic) bond motifs is 7. The minimum atomic E-state index is -0.514. The van der Waals surface area contributed by atoms with E-state index < -0.39 is 5.41 Å². The van der Waals surface area contributed by atoms with Crippen LogP contribution in [-0.2, 0) is 16.2 Å². The van der Waals surface area contributed by atoms with Crippen LogP contribution in [0.4, 0.5) is 17.1 Å². The van der Waals surface area contributed by atoms with E-state index in [4.69, 9.17) is 0 Å². The SMILES string of the molecule is CC(C)(C)c1ccc(-c2ccc(N(c3ccc4c(c3)-c3ccccc3C4(c3ccccc3)c3ccccc3)c3ccc4ccccc4c3-c3ccc4c(c3)-c3ccccc3C4(C)C)c(-c3ccccc3)c2)cc1. The van der Waals surface area contributed by atoms with Crippen molar-refractivity contribution < 1.29 is 0 Å². The second-order valence-electron chi connectivity index (χ2n) is 21.6. The molecule has 0 heterocycles. The summed E-state index contributed by atoms with van der Waals surface area (Å²) in [6.07, 6.45) is 0. The van der Waals surface area contributed by atoms with E-state index in [1.54, 1.807) is 0 Å². The molecule has 0 N–H and O–H groups in total. The lowest BCUT2D eigenvalue weighted by molar-refractivity contribution is 0.590. The number of benzene rings is 11. The zero-order valence-corrected chi connectivity index (χ0v) is 42.2. The monoisotopic (exact) mass is 935 g/mol. The van der Waals surface area contributed by atoms with Gasteiger partial charge < -0.3 is 4.90 Å². The van der Waals surface area contributed by atoms with Gasteiger partial charge in [-0.15, -0.1) is 0 Å². The lowest BCUT2D eigenvalue weighted by atomic mass is 9.68. The van der Waals surface area contributed by atoms with Crippen LogP contribution in [-0.4, -0.2) is 0 Å². The summed E-state index contributed by atoms with van der Waals surface area (Å²) in [5.74, 6) is 0. The van der Waals surface area contributed by atoms with Gasteiger partial charge in [0.05, 0.1) is 16.8 Å². The molecule has 0 atom stereocenters.